The Balaban J connectivity index is 1.87. The number of benzene rings is 1. The monoisotopic (exact) mass is 270 g/mol. The van der Waals surface area contributed by atoms with Crippen LogP contribution in [0.1, 0.15) is 6.42 Å². The minimum absolute atomic E-state index is 0.0722. The first-order chi connectivity index (χ1) is 8.56. The maximum absolute atomic E-state index is 12.1. The normalized spacial score (nSPS) is 25.8. The van der Waals surface area contributed by atoms with Gasteiger partial charge in [-0.15, -0.1) is 0 Å². The lowest BCUT2D eigenvalue weighted by atomic mass is 10.3. The van der Waals surface area contributed by atoms with E-state index in [4.69, 9.17) is 15.2 Å². The minimum atomic E-state index is -3.53. The first kappa shape index (κ1) is 11.8. The van der Waals surface area contributed by atoms with Gasteiger partial charge in [-0.25, -0.2) is 13.1 Å². The van der Waals surface area contributed by atoms with Gasteiger partial charge in [-0.1, -0.05) is 0 Å². The Morgan fingerprint density at radius 2 is 1.89 bits per heavy atom. The molecule has 3 N–H and O–H groups in total. The standard InChI is InChI=1S/C11H14N2O4S/c12-8-6-9(8)13-18(14,15)7-1-2-10-11(5-7)17-4-3-16-10/h1-2,5,8-9,13H,3-4,6,12H2. The molecule has 0 bridgehead atoms. The fourth-order valence-corrected chi connectivity index (χ4v) is 3.12. The van der Waals surface area contributed by atoms with Crippen LogP contribution in [0, 0.1) is 0 Å². The Morgan fingerprint density at radius 3 is 2.56 bits per heavy atom. The molecule has 98 valence electrons. The number of rotatable bonds is 3. The summed E-state index contributed by atoms with van der Waals surface area (Å²) >= 11 is 0. The van der Waals surface area contributed by atoms with Crippen LogP contribution >= 0.6 is 0 Å². The van der Waals surface area contributed by atoms with Crippen LogP contribution in [-0.2, 0) is 10.0 Å². The number of fused-ring (bicyclic) bond motifs is 1. The van der Waals surface area contributed by atoms with Crippen molar-refractivity contribution >= 4 is 10.0 Å². The Morgan fingerprint density at radius 1 is 1.22 bits per heavy atom. The maximum atomic E-state index is 12.1. The molecule has 1 fully saturated rings. The Kier molecular flexibility index (Phi) is 2.69. The van der Waals surface area contributed by atoms with Crippen LogP contribution in [-0.4, -0.2) is 33.7 Å². The maximum Gasteiger partial charge on any atom is 0.241 e. The number of hydrogen-bond acceptors (Lipinski definition) is 5. The van der Waals surface area contributed by atoms with Gasteiger partial charge in [0.2, 0.25) is 10.0 Å². The molecule has 2 atom stereocenters. The van der Waals surface area contributed by atoms with Gasteiger partial charge in [-0.2, -0.15) is 0 Å². The van der Waals surface area contributed by atoms with E-state index < -0.39 is 10.0 Å². The van der Waals surface area contributed by atoms with E-state index >= 15 is 0 Å². The molecular weight excluding hydrogens is 256 g/mol. The van der Waals surface area contributed by atoms with E-state index in [-0.39, 0.29) is 17.0 Å². The fourth-order valence-electron chi connectivity index (χ4n) is 1.81. The summed E-state index contributed by atoms with van der Waals surface area (Å²) in [6.45, 7) is 0.908. The summed E-state index contributed by atoms with van der Waals surface area (Å²) in [7, 11) is -3.53. The number of ether oxygens (including phenoxy) is 2. The molecule has 2 aliphatic rings. The van der Waals surface area contributed by atoms with Gasteiger partial charge < -0.3 is 15.2 Å². The van der Waals surface area contributed by atoms with Crippen molar-refractivity contribution in [2.75, 3.05) is 13.2 Å². The molecule has 1 heterocycles. The molecule has 1 aromatic carbocycles. The molecule has 0 aromatic heterocycles. The van der Waals surface area contributed by atoms with Crippen molar-refractivity contribution in [1.29, 1.82) is 0 Å². The molecule has 1 aliphatic heterocycles. The van der Waals surface area contributed by atoms with Crippen LogP contribution in [0.5, 0.6) is 11.5 Å². The lowest BCUT2D eigenvalue weighted by molar-refractivity contribution is 0.171. The van der Waals surface area contributed by atoms with Gasteiger partial charge in [0.1, 0.15) is 13.2 Å². The summed E-state index contributed by atoms with van der Waals surface area (Å²) in [4.78, 5) is 0.172. The van der Waals surface area contributed by atoms with E-state index in [2.05, 4.69) is 4.72 Å². The van der Waals surface area contributed by atoms with E-state index in [1.807, 2.05) is 0 Å². The third kappa shape index (κ3) is 2.16. The number of nitrogens with two attached hydrogens (primary N) is 1. The van der Waals surface area contributed by atoms with Crippen LogP contribution < -0.4 is 19.9 Å². The topological polar surface area (TPSA) is 90.7 Å². The second-order valence-electron chi connectivity index (χ2n) is 4.43. The van der Waals surface area contributed by atoms with Crippen LogP contribution in [0.25, 0.3) is 0 Å². The first-order valence-electron chi connectivity index (χ1n) is 5.74. The average Bonchev–Trinajstić information content (AvgIpc) is 3.03. The number of nitrogens with one attached hydrogen (secondary N) is 1. The summed E-state index contributed by atoms with van der Waals surface area (Å²) < 4.78 is 37.4. The molecule has 1 aliphatic carbocycles. The lowest BCUT2D eigenvalue weighted by Crippen LogP contribution is -2.29. The minimum Gasteiger partial charge on any atom is -0.486 e. The summed E-state index contributed by atoms with van der Waals surface area (Å²) in [5.41, 5.74) is 5.59. The highest BCUT2D eigenvalue weighted by Crippen LogP contribution is 2.32. The van der Waals surface area contributed by atoms with Gasteiger partial charge >= 0.3 is 0 Å². The molecule has 2 unspecified atom stereocenters. The number of sulfonamides is 1. The summed E-state index contributed by atoms with van der Waals surface area (Å²) in [5, 5.41) is 0. The van der Waals surface area contributed by atoms with Crippen LogP contribution in [0.4, 0.5) is 0 Å². The number of hydrogen-bond donors (Lipinski definition) is 2. The van der Waals surface area contributed by atoms with Crippen LogP contribution in [0.15, 0.2) is 23.1 Å². The van der Waals surface area contributed by atoms with E-state index in [0.717, 1.165) is 0 Å². The average molecular weight is 270 g/mol. The predicted octanol–water partition coefficient (Wildman–Crippen LogP) is -0.164. The van der Waals surface area contributed by atoms with Crippen molar-refractivity contribution in [2.24, 2.45) is 5.73 Å². The Bertz CT molecular complexity index is 572. The van der Waals surface area contributed by atoms with E-state index in [9.17, 15) is 8.42 Å². The second-order valence-corrected chi connectivity index (χ2v) is 6.15. The zero-order valence-corrected chi connectivity index (χ0v) is 10.4. The molecule has 7 heteroatoms. The first-order valence-corrected chi connectivity index (χ1v) is 7.22. The van der Waals surface area contributed by atoms with E-state index in [0.29, 0.717) is 31.1 Å². The van der Waals surface area contributed by atoms with Gasteiger partial charge in [0, 0.05) is 18.2 Å². The zero-order valence-electron chi connectivity index (χ0n) is 9.63. The molecule has 18 heavy (non-hydrogen) atoms. The van der Waals surface area contributed by atoms with Gasteiger partial charge in [0.15, 0.2) is 11.5 Å². The van der Waals surface area contributed by atoms with Crippen molar-refractivity contribution in [1.82, 2.24) is 4.72 Å². The van der Waals surface area contributed by atoms with Crippen molar-refractivity contribution in [3.63, 3.8) is 0 Å². The predicted molar refractivity (Wildman–Crippen MR) is 64.1 cm³/mol. The molecule has 0 spiro atoms. The lowest BCUT2D eigenvalue weighted by Gasteiger charge is -2.18. The van der Waals surface area contributed by atoms with Crippen molar-refractivity contribution in [2.45, 2.75) is 23.4 Å². The largest absolute Gasteiger partial charge is 0.486 e. The molecule has 1 aromatic rings. The van der Waals surface area contributed by atoms with E-state index in [1.165, 1.54) is 12.1 Å². The molecule has 0 saturated heterocycles. The third-order valence-electron chi connectivity index (χ3n) is 2.97. The molecule has 3 rings (SSSR count). The highest BCUT2D eigenvalue weighted by molar-refractivity contribution is 7.89. The molecule has 0 radical (unpaired) electrons. The Labute approximate surface area is 105 Å². The third-order valence-corrected chi connectivity index (χ3v) is 4.46. The summed E-state index contributed by atoms with van der Waals surface area (Å²) in [6, 6.07) is 4.37. The smallest absolute Gasteiger partial charge is 0.241 e. The van der Waals surface area contributed by atoms with Crippen molar-refractivity contribution in [3.05, 3.63) is 18.2 Å². The van der Waals surface area contributed by atoms with Gasteiger partial charge in [-0.3, -0.25) is 0 Å². The van der Waals surface area contributed by atoms with Gasteiger partial charge in [-0.05, 0) is 18.6 Å². The highest BCUT2D eigenvalue weighted by Gasteiger charge is 2.37. The summed E-state index contributed by atoms with van der Waals surface area (Å²) in [6.07, 6.45) is 0.684. The SMILES string of the molecule is NC1CC1NS(=O)(=O)c1ccc2c(c1)OCCO2. The summed E-state index contributed by atoms with van der Waals surface area (Å²) in [5.74, 6) is 1.03. The molecular formula is C11H14N2O4S. The van der Waals surface area contributed by atoms with Crippen LogP contribution in [0.2, 0.25) is 0 Å². The van der Waals surface area contributed by atoms with E-state index in [1.54, 1.807) is 6.07 Å². The van der Waals surface area contributed by atoms with Crippen molar-refractivity contribution in [3.8, 4) is 11.5 Å². The van der Waals surface area contributed by atoms with Crippen LogP contribution in [0.3, 0.4) is 0 Å². The quantitative estimate of drug-likeness (QED) is 0.796. The van der Waals surface area contributed by atoms with Crippen molar-refractivity contribution < 1.29 is 17.9 Å². The highest BCUT2D eigenvalue weighted by atomic mass is 32.2. The van der Waals surface area contributed by atoms with Gasteiger partial charge in [0.25, 0.3) is 0 Å². The molecule has 6 nitrogen and oxygen atoms in total. The molecule has 0 amide bonds. The fraction of sp³-hybridized carbons (Fsp3) is 0.455. The second kappa shape index (κ2) is 4.11. The zero-order chi connectivity index (χ0) is 12.8. The van der Waals surface area contributed by atoms with Gasteiger partial charge in [0.05, 0.1) is 4.90 Å². The molecule has 1 saturated carbocycles. The Hall–Kier alpha value is -1.31.